The first-order valence-corrected chi connectivity index (χ1v) is 10.4. The zero-order valence-electron chi connectivity index (χ0n) is 17.7. The van der Waals surface area contributed by atoms with Crippen molar-refractivity contribution in [3.05, 3.63) is 54.1 Å². The van der Waals surface area contributed by atoms with Crippen LogP contribution in [0.4, 0.5) is 4.39 Å². The summed E-state index contributed by atoms with van der Waals surface area (Å²) in [5.41, 5.74) is 0.342. The maximum Gasteiger partial charge on any atom is 0.220 e. The molecule has 0 saturated carbocycles. The Morgan fingerprint density at radius 2 is 2.23 bits per heavy atom. The van der Waals surface area contributed by atoms with E-state index in [0.717, 1.165) is 5.56 Å². The summed E-state index contributed by atoms with van der Waals surface area (Å²) in [7, 11) is 1.42. The highest BCUT2D eigenvalue weighted by Crippen LogP contribution is 2.31. The van der Waals surface area contributed by atoms with Gasteiger partial charge in [-0.05, 0) is 55.5 Å². The highest BCUT2D eigenvalue weighted by atomic mass is 19.1. The number of rotatable bonds is 11. The number of pyridine rings is 1. The molecule has 0 radical (unpaired) electrons. The van der Waals surface area contributed by atoms with Gasteiger partial charge in [0.15, 0.2) is 11.6 Å². The summed E-state index contributed by atoms with van der Waals surface area (Å²) in [5.74, 6) is 0.344. The van der Waals surface area contributed by atoms with Gasteiger partial charge < -0.3 is 20.1 Å². The fourth-order valence-corrected chi connectivity index (χ4v) is 3.75. The summed E-state index contributed by atoms with van der Waals surface area (Å²) < 4.78 is 24.3. The molecule has 1 aliphatic rings. The van der Waals surface area contributed by atoms with E-state index in [9.17, 15) is 14.0 Å². The third-order valence-electron chi connectivity index (χ3n) is 5.37. The number of ether oxygens (including phenoxy) is 2. The number of aromatic nitrogens is 1. The van der Waals surface area contributed by atoms with Crippen molar-refractivity contribution in [2.24, 2.45) is 0 Å². The lowest BCUT2D eigenvalue weighted by Crippen LogP contribution is -2.44. The van der Waals surface area contributed by atoms with Crippen molar-refractivity contribution in [2.45, 2.75) is 44.1 Å². The molecular formula is C23H28FN3O4. The Morgan fingerprint density at radius 1 is 1.35 bits per heavy atom. The molecule has 0 spiro atoms. The van der Waals surface area contributed by atoms with E-state index in [1.807, 2.05) is 6.07 Å². The van der Waals surface area contributed by atoms with Crippen molar-refractivity contribution < 1.29 is 23.5 Å². The van der Waals surface area contributed by atoms with E-state index < -0.39 is 11.4 Å². The van der Waals surface area contributed by atoms with E-state index in [4.69, 9.17) is 9.47 Å². The Kier molecular flexibility index (Phi) is 7.81. The largest absolute Gasteiger partial charge is 0.494 e. The fraction of sp³-hybridized carbons (Fsp3) is 0.435. The van der Waals surface area contributed by atoms with Crippen molar-refractivity contribution in [1.29, 1.82) is 0 Å². The number of carbonyl (C=O) groups excluding carboxylic acids is 2. The second kappa shape index (κ2) is 10.7. The van der Waals surface area contributed by atoms with Gasteiger partial charge in [0.25, 0.3) is 0 Å². The van der Waals surface area contributed by atoms with Gasteiger partial charge in [0, 0.05) is 31.1 Å². The number of halogens is 1. The summed E-state index contributed by atoms with van der Waals surface area (Å²) >= 11 is 0. The maximum absolute atomic E-state index is 13.7. The molecule has 0 bridgehead atoms. The molecule has 2 N–H and O–H groups in total. The molecule has 1 aromatic carbocycles. The Hall–Kier alpha value is -3.16. The number of nitrogens with one attached hydrogen (secondary N) is 2. The molecular weight excluding hydrogens is 401 g/mol. The summed E-state index contributed by atoms with van der Waals surface area (Å²) in [6, 6.07) is 8.32. The molecule has 1 fully saturated rings. The van der Waals surface area contributed by atoms with E-state index in [1.54, 1.807) is 30.6 Å². The van der Waals surface area contributed by atoms with Crippen molar-refractivity contribution >= 4 is 11.8 Å². The van der Waals surface area contributed by atoms with Crippen LogP contribution >= 0.6 is 0 Å². The summed E-state index contributed by atoms with van der Waals surface area (Å²) in [6.07, 6.45) is 6.38. The molecule has 1 aromatic heterocycles. The number of nitrogens with zero attached hydrogens (tertiary/aromatic N) is 1. The van der Waals surface area contributed by atoms with Crippen LogP contribution in [0.3, 0.4) is 0 Å². The number of amides is 2. The van der Waals surface area contributed by atoms with Gasteiger partial charge in [-0.2, -0.15) is 0 Å². The van der Waals surface area contributed by atoms with E-state index in [1.165, 1.54) is 13.2 Å². The van der Waals surface area contributed by atoms with Gasteiger partial charge in [0.1, 0.15) is 5.75 Å². The van der Waals surface area contributed by atoms with Crippen LogP contribution < -0.4 is 20.1 Å². The molecule has 1 unspecified atom stereocenters. The minimum Gasteiger partial charge on any atom is -0.494 e. The summed E-state index contributed by atoms with van der Waals surface area (Å²) in [5, 5.41) is 5.93. The van der Waals surface area contributed by atoms with Gasteiger partial charge >= 0.3 is 0 Å². The number of benzene rings is 1. The summed E-state index contributed by atoms with van der Waals surface area (Å²) in [4.78, 5) is 28.2. The van der Waals surface area contributed by atoms with Crippen molar-refractivity contribution in [2.75, 3.05) is 20.3 Å². The molecule has 0 aliphatic carbocycles. The van der Waals surface area contributed by atoms with E-state index >= 15 is 0 Å². The molecule has 7 nitrogen and oxygen atoms in total. The van der Waals surface area contributed by atoms with Crippen LogP contribution in [-0.2, 0) is 16.0 Å². The molecule has 1 atom stereocenters. The Bertz CT molecular complexity index is 894. The van der Waals surface area contributed by atoms with Crippen LogP contribution in [0, 0.1) is 5.82 Å². The van der Waals surface area contributed by atoms with E-state index in [-0.39, 0.29) is 17.6 Å². The predicted molar refractivity (Wildman–Crippen MR) is 113 cm³/mol. The van der Waals surface area contributed by atoms with Gasteiger partial charge in [-0.3, -0.25) is 14.6 Å². The van der Waals surface area contributed by atoms with Gasteiger partial charge in [-0.1, -0.05) is 6.07 Å². The molecule has 2 aromatic rings. The van der Waals surface area contributed by atoms with Gasteiger partial charge in [0.05, 0.1) is 19.9 Å². The molecule has 8 heteroatoms. The van der Waals surface area contributed by atoms with Gasteiger partial charge in [-0.25, -0.2) is 4.39 Å². The average Bonchev–Trinajstić information content (AvgIpc) is 3.14. The topological polar surface area (TPSA) is 89.6 Å². The fourth-order valence-electron chi connectivity index (χ4n) is 3.75. The smallest absolute Gasteiger partial charge is 0.220 e. The van der Waals surface area contributed by atoms with Crippen molar-refractivity contribution in [3.63, 3.8) is 0 Å². The molecule has 166 valence electrons. The normalized spacial score (nSPS) is 17.8. The molecule has 2 heterocycles. The summed E-state index contributed by atoms with van der Waals surface area (Å²) in [6.45, 7) is 0.992. The Balaban J connectivity index is 1.46. The lowest BCUT2D eigenvalue weighted by molar-refractivity contribution is -0.122. The van der Waals surface area contributed by atoms with Crippen LogP contribution in [0.15, 0.2) is 42.7 Å². The first-order valence-electron chi connectivity index (χ1n) is 10.4. The number of hydrogen-bond donors (Lipinski definition) is 2. The highest BCUT2D eigenvalue weighted by Gasteiger charge is 2.38. The van der Waals surface area contributed by atoms with Crippen LogP contribution in [-0.4, -0.2) is 42.6 Å². The van der Waals surface area contributed by atoms with Crippen LogP contribution in [0.2, 0.25) is 0 Å². The molecule has 1 saturated heterocycles. The Labute approximate surface area is 181 Å². The number of hydrogen-bond acceptors (Lipinski definition) is 5. The molecule has 31 heavy (non-hydrogen) atoms. The molecule has 1 aliphatic heterocycles. The SMILES string of the molecule is COc1cc(CC2(CCC(=O)NCCCOc3cccnc3)CCC(=O)N2)ccc1F. The zero-order valence-corrected chi connectivity index (χ0v) is 17.7. The van der Waals surface area contributed by atoms with Crippen molar-refractivity contribution in [3.8, 4) is 11.5 Å². The second-order valence-electron chi connectivity index (χ2n) is 7.71. The second-order valence-corrected chi connectivity index (χ2v) is 7.71. The lowest BCUT2D eigenvalue weighted by atomic mass is 9.85. The van der Waals surface area contributed by atoms with Crippen LogP contribution in [0.5, 0.6) is 11.5 Å². The van der Waals surface area contributed by atoms with Gasteiger partial charge in [-0.15, -0.1) is 0 Å². The van der Waals surface area contributed by atoms with Crippen LogP contribution in [0.1, 0.15) is 37.7 Å². The van der Waals surface area contributed by atoms with E-state index in [2.05, 4.69) is 15.6 Å². The standard InChI is InChI=1S/C23H28FN3O4/c1-30-20-14-17(5-6-19(20)24)15-23(10-8-22(29)27-23)9-7-21(28)26-12-3-13-31-18-4-2-11-25-16-18/h2,4-6,11,14,16H,3,7-10,12-13,15H2,1H3,(H,26,28)(H,27,29). The number of methoxy groups -OCH3 is 1. The van der Waals surface area contributed by atoms with E-state index in [0.29, 0.717) is 57.4 Å². The first kappa shape index (κ1) is 22.5. The third-order valence-corrected chi connectivity index (χ3v) is 5.37. The average molecular weight is 429 g/mol. The predicted octanol–water partition coefficient (Wildman–Crippen LogP) is 2.79. The highest BCUT2D eigenvalue weighted by molar-refractivity contribution is 5.80. The van der Waals surface area contributed by atoms with Gasteiger partial charge in [0.2, 0.25) is 11.8 Å². The zero-order chi connectivity index (χ0) is 22.1. The minimum absolute atomic E-state index is 0.0259. The monoisotopic (exact) mass is 429 g/mol. The molecule has 3 rings (SSSR count). The number of carbonyl (C=O) groups is 2. The third kappa shape index (κ3) is 6.67. The van der Waals surface area contributed by atoms with Crippen molar-refractivity contribution in [1.82, 2.24) is 15.6 Å². The Morgan fingerprint density at radius 3 is 2.94 bits per heavy atom. The lowest BCUT2D eigenvalue weighted by Gasteiger charge is -2.29. The van der Waals surface area contributed by atoms with Crippen LogP contribution in [0.25, 0.3) is 0 Å². The molecule has 2 amide bonds. The minimum atomic E-state index is -0.513. The maximum atomic E-state index is 13.7. The quantitative estimate of drug-likeness (QED) is 0.536. The first-order chi connectivity index (χ1) is 15.0.